The Hall–Kier alpha value is -1.16. The van der Waals surface area contributed by atoms with Crippen LogP contribution in [0.2, 0.25) is 0 Å². The zero-order valence-corrected chi connectivity index (χ0v) is 9.18. The molecule has 0 N–H and O–H groups in total. The van der Waals surface area contributed by atoms with E-state index in [-0.39, 0.29) is 0 Å². The zero-order valence-electron chi connectivity index (χ0n) is 9.18. The average molecular weight is 199 g/mol. The van der Waals surface area contributed by atoms with E-state index in [4.69, 9.17) is 6.42 Å². The molecular weight excluding hydrogens is 182 g/mol. The predicted octanol–water partition coefficient (Wildman–Crippen LogP) is 2.68. The lowest BCUT2D eigenvalue weighted by atomic mass is 9.89. The van der Waals surface area contributed by atoms with Crippen LogP contribution in [0.1, 0.15) is 48.2 Å². The normalized spacial score (nSPS) is 19.1. The average Bonchev–Trinajstić information content (AvgIpc) is 2.63. The molecule has 0 aliphatic heterocycles. The maximum atomic E-state index is 5.66. The maximum Gasteiger partial charge on any atom is 0.0351 e. The molecule has 1 heterocycles. The topological polar surface area (TPSA) is 4.93 Å². The summed E-state index contributed by atoms with van der Waals surface area (Å²) >= 11 is 0. The van der Waals surface area contributed by atoms with Crippen molar-refractivity contribution in [2.75, 3.05) is 0 Å². The minimum atomic E-state index is 1.20. The number of nitrogens with zero attached hydrogens (tertiary/aromatic N) is 1. The zero-order chi connectivity index (χ0) is 10.3. The van der Waals surface area contributed by atoms with E-state index in [2.05, 4.69) is 10.6 Å². The smallest absolute Gasteiger partial charge is 0.0351 e. The van der Waals surface area contributed by atoms with E-state index in [1.807, 2.05) is 0 Å². The highest BCUT2D eigenvalue weighted by atomic mass is 15.0. The summed E-state index contributed by atoms with van der Waals surface area (Å²) in [6.07, 6.45) is 15.9. The van der Waals surface area contributed by atoms with Crippen LogP contribution < -0.4 is 0 Å². The van der Waals surface area contributed by atoms with Crippen LogP contribution in [0.25, 0.3) is 0 Å². The molecule has 1 aromatic rings. The van der Waals surface area contributed by atoms with Crippen LogP contribution in [0.5, 0.6) is 0 Å². The lowest BCUT2D eigenvalue weighted by Crippen LogP contribution is -2.06. The summed E-state index contributed by atoms with van der Waals surface area (Å²) in [6.45, 7) is 0. The van der Waals surface area contributed by atoms with Gasteiger partial charge in [-0.1, -0.05) is 6.42 Å². The number of aromatic nitrogens is 1. The molecular formula is C14H17N. The minimum Gasteiger partial charge on any atom is -0.278 e. The monoisotopic (exact) mass is 199 g/mol. The molecule has 0 atom stereocenters. The molecule has 0 aromatic carbocycles. The van der Waals surface area contributed by atoms with E-state index < -0.39 is 0 Å². The Morgan fingerprint density at radius 2 is 1.27 bits per heavy atom. The van der Waals surface area contributed by atoms with E-state index in [9.17, 15) is 0 Å². The number of hydrogen-bond acceptors (Lipinski definition) is 0. The van der Waals surface area contributed by atoms with Gasteiger partial charge in [-0.3, -0.25) is 4.57 Å². The van der Waals surface area contributed by atoms with Crippen molar-refractivity contribution in [3.8, 4) is 12.5 Å². The molecule has 0 saturated heterocycles. The first-order chi connectivity index (χ1) is 7.42. The van der Waals surface area contributed by atoms with Crippen LogP contribution in [0.15, 0.2) is 0 Å². The van der Waals surface area contributed by atoms with Gasteiger partial charge in [0.25, 0.3) is 0 Å². The van der Waals surface area contributed by atoms with Crippen LogP contribution in [0.3, 0.4) is 0 Å². The molecule has 1 heteroatoms. The van der Waals surface area contributed by atoms with Gasteiger partial charge in [-0.25, -0.2) is 0 Å². The van der Waals surface area contributed by atoms with Crippen molar-refractivity contribution in [3.63, 3.8) is 0 Å². The molecule has 2 aliphatic rings. The van der Waals surface area contributed by atoms with Gasteiger partial charge >= 0.3 is 0 Å². The summed E-state index contributed by atoms with van der Waals surface area (Å²) in [4.78, 5) is 0. The van der Waals surface area contributed by atoms with Crippen LogP contribution in [-0.2, 0) is 25.7 Å². The second-order valence-corrected chi connectivity index (χ2v) is 4.73. The van der Waals surface area contributed by atoms with Gasteiger partial charge in [0.05, 0.1) is 0 Å². The number of hydrogen-bond donors (Lipinski definition) is 0. The Morgan fingerprint density at radius 1 is 0.800 bits per heavy atom. The van der Waals surface area contributed by atoms with Crippen molar-refractivity contribution in [1.82, 2.24) is 4.57 Å². The number of rotatable bonds is 0. The highest BCUT2D eigenvalue weighted by Gasteiger charge is 2.25. The second kappa shape index (κ2) is 3.45. The minimum absolute atomic E-state index is 1.20. The van der Waals surface area contributed by atoms with Gasteiger partial charge in [0.2, 0.25) is 0 Å². The maximum absolute atomic E-state index is 5.66. The molecule has 78 valence electrons. The first kappa shape index (κ1) is 9.09. The van der Waals surface area contributed by atoms with Crippen LogP contribution in [0, 0.1) is 12.5 Å². The molecule has 0 saturated carbocycles. The molecule has 0 radical (unpaired) electrons. The van der Waals surface area contributed by atoms with Gasteiger partial charge in [0.1, 0.15) is 0 Å². The highest BCUT2D eigenvalue weighted by Crippen LogP contribution is 2.33. The number of fused-ring (bicyclic) bond motifs is 3. The molecule has 0 unspecified atom stereocenters. The van der Waals surface area contributed by atoms with Gasteiger partial charge in [-0.05, 0) is 62.5 Å². The van der Waals surface area contributed by atoms with E-state index in [1.165, 1.54) is 62.8 Å². The van der Waals surface area contributed by atoms with E-state index >= 15 is 0 Å². The van der Waals surface area contributed by atoms with Gasteiger partial charge < -0.3 is 0 Å². The predicted molar refractivity (Wildman–Crippen MR) is 61.9 cm³/mol. The summed E-state index contributed by atoms with van der Waals surface area (Å²) in [7, 11) is 0. The SMILES string of the molecule is C#Cn1c2c(c3c1CCCC3)CCCC2. The van der Waals surface area contributed by atoms with Gasteiger partial charge in [0, 0.05) is 17.4 Å². The van der Waals surface area contributed by atoms with E-state index in [0.29, 0.717) is 0 Å². The Kier molecular flexibility index (Phi) is 2.09. The summed E-state index contributed by atoms with van der Waals surface area (Å²) in [5.74, 6) is 0. The Labute approximate surface area is 91.5 Å². The van der Waals surface area contributed by atoms with Crippen molar-refractivity contribution >= 4 is 0 Å². The van der Waals surface area contributed by atoms with Gasteiger partial charge in [-0.15, -0.1) is 0 Å². The van der Waals surface area contributed by atoms with Crippen molar-refractivity contribution in [2.45, 2.75) is 51.4 Å². The molecule has 2 aliphatic carbocycles. The van der Waals surface area contributed by atoms with E-state index in [1.54, 1.807) is 11.1 Å². The van der Waals surface area contributed by atoms with Gasteiger partial charge in [0.15, 0.2) is 0 Å². The largest absolute Gasteiger partial charge is 0.278 e. The molecule has 0 bridgehead atoms. The third-order valence-corrected chi connectivity index (χ3v) is 3.91. The fraction of sp³-hybridized carbons (Fsp3) is 0.571. The van der Waals surface area contributed by atoms with Crippen molar-refractivity contribution in [1.29, 1.82) is 0 Å². The van der Waals surface area contributed by atoms with Crippen molar-refractivity contribution in [2.24, 2.45) is 0 Å². The van der Waals surface area contributed by atoms with Crippen molar-refractivity contribution in [3.05, 3.63) is 22.5 Å². The lowest BCUT2D eigenvalue weighted by molar-refractivity contribution is 0.661. The summed E-state index contributed by atoms with van der Waals surface area (Å²) in [6, 6.07) is 2.88. The summed E-state index contributed by atoms with van der Waals surface area (Å²) in [5, 5.41) is 0. The number of terminal acetylenes is 1. The fourth-order valence-corrected chi connectivity index (χ4v) is 3.24. The standard InChI is InChI=1S/C14H17N/c1-2-15-13-9-5-3-7-11(13)12-8-4-6-10-14(12)15/h1H,3-10H2. The lowest BCUT2D eigenvalue weighted by Gasteiger charge is -2.14. The van der Waals surface area contributed by atoms with E-state index in [0.717, 1.165) is 0 Å². The molecule has 3 rings (SSSR count). The fourth-order valence-electron chi connectivity index (χ4n) is 3.24. The van der Waals surface area contributed by atoms with Crippen LogP contribution in [-0.4, -0.2) is 4.57 Å². The third-order valence-electron chi connectivity index (χ3n) is 3.91. The van der Waals surface area contributed by atoms with Crippen molar-refractivity contribution < 1.29 is 0 Å². The molecule has 1 nitrogen and oxygen atoms in total. The first-order valence-electron chi connectivity index (χ1n) is 6.12. The summed E-state index contributed by atoms with van der Waals surface area (Å²) < 4.78 is 2.17. The van der Waals surface area contributed by atoms with Crippen LogP contribution >= 0.6 is 0 Å². The second-order valence-electron chi connectivity index (χ2n) is 4.73. The Balaban J connectivity index is 2.22. The molecule has 0 fully saturated rings. The Morgan fingerprint density at radius 3 is 1.73 bits per heavy atom. The van der Waals surface area contributed by atoms with Crippen LogP contribution in [0.4, 0.5) is 0 Å². The Bertz CT molecular complexity index is 398. The first-order valence-corrected chi connectivity index (χ1v) is 6.12. The third kappa shape index (κ3) is 1.24. The molecule has 0 amide bonds. The van der Waals surface area contributed by atoms with Gasteiger partial charge in [-0.2, -0.15) is 0 Å². The molecule has 15 heavy (non-hydrogen) atoms. The summed E-state index contributed by atoms with van der Waals surface area (Å²) in [5.41, 5.74) is 6.18. The molecule has 0 spiro atoms. The highest BCUT2D eigenvalue weighted by molar-refractivity contribution is 5.44. The quantitative estimate of drug-likeness (QED) is 0.566. The molecule has 1 aromatic heterocycles.